The molecule has 1 aromatic rings. The lowest BCUT2D eigenvalue weighted by Crippen LogP contribution is -2.40. The number of carbonyl (C=O) groups excluding carboxylic acids is 1. The van der Waals surface area contributed by atoms with Crippen molar-refractivity contribution in [1.82, 2.24) is 5.32 Å². The van der Waals surface area contributed by atoms with Gasteiger partial charge in [-0.15, -0.1) is 0 Å². The lowest BCUT2D eigenvalue weighted by Gasteiger charge is -2.18. The van der Waals surface area contributed by atoms with Crippen LogP contribution in [0.15, 0.2) is 18.2 Å². The van der Waals surface area contributed by atoms with Gasteiger partial charge in [-0.25, -0.2) is 0 Å². The van der Waals surface area contributed by atoms with Crippen molar-refractivity contribution >= 4 is 11.9 Å². The van der Waals surface area contributed by atoms with Gasteiger partial charge in [-0.3, -0.25) is 9.59 Å². The number of carbonyl (C=O) groups is 2. The fourth-order valence-electron chi connectivity index (χ4n) is 1.73. The summed E-state index contributed by atoms with van der Waals surface area (Å²) in [6, 6.07) is 5.16. The molecule has 1 amide bonds. The van der Waals surface area contributed by atoms with Gasteiger partial charge in [0, 0.05) is 11.6 Å². The number of aryl methyl sites for hydroxylation is 2. The minimum absolute atomic E-state index is 0.234. The highest BCUT2D eigenvalue weighted by atomic mass is 16.4. The molecule has 4 heteroatoms. The molecule has 98 valence electrons. The lowest BCUT2D eigenvalue weighted by atomic mass is 10.0. The van der Waals surface area contributed by atoms with Crippen molar-refractivity contribution in [2.24, 2.45) is 5.92 Å². The molecule has 0 radical (unpaired) electrons. The Morgan fingerprint density at radius 2 is 1.61 bits per heavy atom. The number of benzene rings is 1. The molecule has 0 aromatic heterocycles. The van der Waals surface area contributed by atoms with Gasteiger partial charge in [0.05, 0.1) is 5.92 Å². The second kappa shape index (κ2) is 5.67. The molecule has 0 aliphatic rings. The number of amides is 1. The minimum Gasteiger partial charge on any atom is -0.481 e. The summed E-state index contributed by atoms with van der Waals surface area (Å²) >= 11 is 0. The van der Waals surface area contributed by atoms with E-state index < -0.39 is 17.9 Å². The van der Waals surface area contributed by atoms with Crippen molar-refractivity contribution < 1.29 is 14.7 Å². The first kappa shape index (κ1) is 14.2. The van der Waals surface area contributed by atoms with E-state index in [2.05, 4.69) is 5.32 Å². The Labute approximate surface area is 107 Å². The molecule has 0 fully saturated rings. The fourth-order valence-corrected chi connectivity index (χ4v) is 1.73. The number of nitrogens with one attached hydrogen (secondary N) is 1. The van der Waals surface area contributed by atoms with Gasteiger partial charge < -0.3 is 10.4 Å². The summed E-state index contributed by atoms with van der Waals surface area (Å²) in [6.45, 7) is 7.12. The molecular weight excluding hydrogens is 230 g/mol. The van der Waals surface area contributed by atoms with Crippen LogP contribution in [-0.2, 0) is 4.79 Å². The molecule has 2 unspecified atom stereocenters. The third-order valence-corrected chi connectivity index (χ3v) is 2.98. The standard InChI is InChI=1S/C14H19NO3/c1-8-5-9(2)7-12(6-8)13(16)15-11(4)10(3)14(17)18/h5-7,10-11H,1-4H3,(H,15,16)(H,17,18). The monoisotopic (exact) mass is 249 g/mol. The summed E-state index contributed by atoms with van der Waals surface area (Å²) in [4.78, 5) is 22.8. The van der Waals surface area contributed by atoms with Crippen LogP contribution >= 0.6 is 0 Å². The number of hydrogen-bond acceptors (Lipinski definition) is 2. The normalized spacial score (nSPS) is 13.8. The van der Waals surface area contributed by atoms with Crippen LogP contribution in [0.25, 0.3) is 0 Å². The van der Waals surface area contributed by atoms with E-state index in [1.165, 1.54) is 0 Å². The first-order chi connectivity index (χ1) is 8.31. The number of carboxylic acid groups (broad SMARTS) is 1. The molecule has 2 N–H and O–H groups in total. The van der Waals surface area contributed by atoms with Gasteiger partial charge in [0.25, 0.3) is 5.91 Å². The molecule has 0 saturated heterocycles. The first-order valence-corrected chi connectivity index (χ1v) is 5.93. The summed E-state index contributed by atoms with van der Waals surface area (Å²) in [5.41, 5.74) is 2.59. The first-order valence-electron chi connectivity index (χ1n) is 5.93. The van der Waals surface area contributed by atoms with Gasteiger partial charge in [0.2, 0.25) is 0 Å². The largest absolute Gasteiger partial charge is 0.481 e. The lowest BCUT2D eigenvalue weighted by molar-refractivity contribution is -0.141. The molecule has 0 bridgehead atoms. The predicted octanol–water partition coefficient (Wildman–Crippen LogP) is 2.14. The minimum atomic E-state index is -0.914. The Balaban J connectivity index is 2.79. The zero-order valence-corrected chi connectivity index (χ0v) is 11.2. The molecule has 0 heterocycles. The Kier molecular flexibility index (Phi) is 4.48. The zero-order valence-electron chi connectivity index (χ0n) is 11.2. The van der Waals surface area contributed by atoms with Crippen molar-refractivity contribution in [3.63, 3.8) is 0 Å². The molecule has 0 spiro atoms. The summed E-state index contributed by atoms with van der Waals surface area (Å²) in [7, 11) is 0. The van der Waals surface area contributed by atoms with Crippen LogP contribution < -0.4 is 5.32 Å². The predicted molar refractivity (Wildman–Crippen MR) is 69.6 cm³/mol. The van der Waals surface area contributed by atoms with Crippen molar-refractivity contribution in [2.45, 2.75) is 33.7 Å². The number of hydrogen-bond donors (Lipinski definition) is 2. The van der Waals surface area contributed by atoms with E-state index in [1.54, 1.807) is 26.0 Å². The van der Waals surface area contributed by atoms with E-state index in [1.807, 2.05) is 19.9 Å². The van der Waals surface area contributed by atoms with E-state index in [-0.39, 0.29) is 5.91 Å². The highest BCUT2D eigenvalue weighted by Gasteiger charge is 2.21. The molecule has 0 saturated carbocycles. The Morgan fingerprint density at radius 1 is 1.11 bits per heavy atom. The van der Waals surface area contributed by atoms with E-state index in [9.17, 15) is 9.59 Å². The average Bonchev–Trinajstić information content (AvgIpc) is 2.26. The second-order valence-corrected chi connectivity index (χ2v) is 4.77. The third-order valence-electron chi connectivity index (χ3n) is 2.98. The third kappa shape index (κ3) is 3.58. The Hall–Kier alpha value is -1.84. The molecular formula is C14H19NO3. The van der Waals surface area contributed by atoms with E-state index in [4.69, 9.17) is 5.11 Å². The molecule has 2 atom stereocenters. The number of aliphatic carboxylic acids is 1. The van der Waals surface area contributed by atoms with Gasteiger partial charge in [-0.1, -0.05) is 17.2 Å². The van der Waals surface area contributed by atoms with Gasteiger partial charge in [0.1, 0.15) is 0 Å². The SMILES string of the molecule is Cc1cc(C)cc(C(=O)NC(C)C(C)C(=O)O)c1. The van der Waals surface area contributed by atoms with Crippen LogP contribution in [-0.4, -0.2) is 23.0 Å². The van der Waals surface area contributed by atoms with E-state index in [0.717, 1.165) is 11.1 Å². The smallest absolute Gasteiger partial charge is 0.308 e. The van der Waals surface area contributed by atoms with Crippen LogP contribution in [0, 0.1) is 19.8 Å². The van der Waals surface area contributed by atoms with Crippen molar-refractivity contribution in [3.05, 3.63) is 34.9 Å². The Morgan fingerprint density at radius 3 is 2.06 bits per heavy atom. The molecule has 1 aromatic carbocycles. The quantitative estimate of drug-likeness (QED) is 0.859. The molecule has 0 aliphatic heterocycles. The van der Waals surface area contributed by atoms with Crippen LogP contribution in [0.2, 0.25) is 0 Å². The zero-order chi connectivity index (χ0) is 13.9. The maximum Gasteiger partial charge on any atom is 0.308 e. The molecule has 4 nitrogen and oxygen atoms in total. The van der Waals surface area contributed by atoms with E-state index >= 15 is 0 Å². The summed E-state index contributed by atoms with van der Waals surface area (Å²) in [5, 5.41) is 11.6. The highest BCUT2D eigenvalue weighted by molar-refractivity contribution is 5.95. The molecule has 0 aliphatic carbocycles. The summed E-state index contributed by atoms with van der Waals surface area (Å²) in [5.74, 6) is -1.76. The Bertz CT molecular complexity index is 448. The van der Waals surface area contributed by atoms with Gasteiger partial charge >= 0.3 is 5.97 Å². The number of carboxylic acids is 1. The summed E-state index contributed by atoms with van der Waals surface area (Å²) < 4.78 is 0. The van der Waals surface area contributed by atoms with Crippen LogP contribution in [0.4, 0.5) is 0 Å². The maximum atomic E-state index is 12.0. The van der Waals surface area contributed by atoms with Crippen molar-refractivity contribution in [1.29, 1.82) is 0 Å². The maximum absolute atomic E-state index is 12.0. The molecule has 18 heavy (non-hydrogen) atoms. The summed E-state index contributed by atoms with van der Waals surface area (Å²) in [6.07, 6.45) is 0. The second-order valence-electron chi connectivity index (χ2n) is 4.77. The van der Waals surface area contributed by atoms with Crippen LogP contribution in [0.1, 0.15) is 35.3 Å². The van der Waals surface area contributed by atoms with Gasteiger partial charge in [-0.2, -0.15) is 0 Å². The van der Waals surface area contributed by atoms with Crippen LogP contribution in [0.3, 0.4) is 0 Å². The van der Waals surface area contributed by atoms with Crippen molar-refractivity contribution in [2.75, 3.05) is 0 Å². The molecule has 1 rings (SSSR count). The van der Waals surface area contributed by atoms with Crippen LogP contribution in [0.5, 0.6) is 0 Å². The van der Waals surface area contributed by atoms with Gasteiger partial charge in [0.15, 0.2) is 0 Å². The number of rotatable bonds is 4. The average molecular weight is 249 g/mol. The van der Waals surface area contributed by atoms with Crippen molar-refractivity contribution in [3.8, 4) is 0 Å². The highest BCUT2D eigenvalue weighted by Crippen LogP contribution is 2.10. The topological polar surface area (TPSA) is 66.4 Å². The van der Waals surface area contributed by atoms with Gasteiger partial charge in [-0.05, 0) is 39.8 Å². The fraction of sp³-hybridized carbons (Fsp3) is 0.429. The van der Waals surface area contributed by atoms with E-state index in [0.29, 0.717) is 5.56 Å².